The minimum atomic E-state index is -3.98. The summed E-state index contributed by atoms with van der Waals surface area (Å²) in [6, 6.07) is 0. The molecule has 1 aliphatic carbocycles. The van der Waals surface area contributed by atoms with Crippen LogP contribution in [0.1, 0.15) is 52.9 Å². The molecule has 90 valence electrons. The van der Waals surface area contributed by atoms with Crippen LogP contribution in [0.3, 0.4) is 0 Å². The second-order valence-corrected chi connectivity index (χ2v) is 5.25. The van der Waals surface area contributed by atoms with Gasteiger partial charge in [-0.05, 0) is 37.0 Å². The topological polar surface area (TPSA) is 0 Å². The summed E-state index contributed by atoms with van der Waals surface area (Å²) >= 11 is 0. The molecule has 2 atom stereocenters. The maximum atomic E-state index is 12.6. The van der Waals surface area contributed by atoms with Gasteiger partial charge in [0.1, 0.15) is 0 Å². The lowest BCUT2D eigenvalue weighted by Crippen LogP contribution is -2.27. The zero-order chi connectivity index (χ0) is 11.7. The van der Waals surface area contributed by atoms with E-state index in [1.807, 2.05) is 0 Å². The molecule has 0 amide bonds. The molecule has 2 unspecified atom stereocenters. The first-order valence-electron chi connectivity index (χ1n) is 5.88. The Bertz CT molecular complexity index is 207. The van der Waals surface area contributed by atoms with Crippen molar-refractivity contribution >= 4 is 0 Å². The number of hydrogen-bond acceptors (Lipinski definition) is 0. The predicted octanol–water partition coefficient (Wildman–Crippen LogP) is 4.79. The highest BCUT2D eigenvalue weighted by Crippen LogP contribution is 2.54. The van der Waals surface area contributed by atoms with Crippen LogP contribution in [0.25, 0.3) is 0 Å². The first kappa shape index (κ1) is 12.9. The summed E-state index contributed by atoms with van der Waals surface area (Å²) in [7, 11) is 0. The third-order valence-electron chi connectivity index (χ3n) is 4.08. The van der Waals surface area contributed by atoms with Gasteiger partial charge in [0, 0.05) is 0 Å². The molecule has 0 bridgehead atoms. The van der Waals surface area contributed by atoms with E-state index in [0.717, 1.165) is 19.3 Å². The maximum Gasteiger partial charge on any atom is 0.391 e. The standard InChI is InChI=1S/C12H21F3/c1-4-6-11(9(2)3)7-5-10(8-11)12(13,14)15/h9-10H,4-8H2,1-3H3. The van der Waals surface area contributed by atoms with Gasteiger partial charge in [-0.25, -0.2) is 0 Å². The van der Waals surface area contributed by atoms with Crippen LogP contribution in [-0.4, -0.2) is 6.18 Å². The Labute approximate surface area is 90.2 Å². The fraction of sp³-hybridized carbons (Fsp3) is 1.00. The van der Waals surface area contributed by atoms with Crippen molar-refractivity contribution in [3.8, 4) is 0 Å². The van der Waals surface area contributed by atoms with Gasteiger partial charge in [-0.2, -0.15) is 13.2 Å². The highest BCUT2D eigenvalue weighted by Gasteiger charge is 2.50. The molecule has 1 aliphatic rings. The molecular weight excluding hydrogens is 201 g/mol. The van der Waals surface area contributed by atoms with Crippen molar-refractivity contribution < 1.29 is 13.2 Å². The molecular formula is C12H21F3. The average Bonchev–Trinajstić information content (AvgIpc) is 2.49. The molecule has 0 aromatic rings. The zero-order valence-corrected chi connectivity index (χ0v) is 9.82. The summed E-state index contributed by atoms with van der Waals surface area (Å²) < 4.78 is 37.8. The Hall–Kier alpha value is -0.210. The van der Waals surface area contributed by atoms with Gasteiger partial charge in [0.25, 0.3) is 0 Å². The van der Waals surface area contributed by atoms with E-state index in [4.69, 9.17) is 0 Å². The van der Waals surface area contributed by atoms with Crippen LogP contribution in [0.15, 0.2) is 0 Å². The quantitative estimate of drug-likeness (QED) is 0.644. The number of rotatable bonds is 3. The Morgan fingerprint density at radius 2 is 1.93 bits per heavy atom. The fourth-order valence-corrected chi connectivity index (χ4v) is 2.97. The molecule has 0 radical (unpaired) electrons. The van der Waals surface area contributed by atoms with E-state index < -0.39 is 12.1 Å². The molecule has 0 spiro atoms. The van der Waals surface area contributed by atoms with Crippen LogP contribution in [-0.2, 0) is 0 Å². The molecule has 0 nitrogen and oxygen atoms in total. The molecule has 1 saturated carbocycles. The van der Waals surface area contributed by atoms with Crippen LogP contribution in [0.2, 0.25) is 0 Å². The van der Waals surface area contributed by atoms with Gasteiger partial charge >= 0.3 is 6.18 Å². The summed E-state index contributed by atoms with van der Waals surface area (Å²) in [5.41, 5.74) is -0.0467. The molecule has 3 heteroatoms. The molecule has 0 saturated heterocycles. The van der Waals surface area contributed by atoms with E-state index in [-0.39, 0.29) is 5.41 Å². The number of hydrogen-bond donors (Lipinski definition) is 0. The van der Waals surface area contributed by atoms with Crippen LogP contribution >= 0.6 is 0 Å². The smallest absolute Gasteiger partial charge is 0.171 e. The minimum Gasteiger partial charge on any atom is -0.171 e. The lowest BCUT2D eigenvalue weighted by atomic mass is 9.72. The third-order valence-corrected chi connectivity index (χ3v) is 4.08. The van der Waals surface area contributed by atoms with Crippen LogP contribution in [0.4, 0.5) is 13.2 Å². The van der Waals surface area contributed by atoms with Gasteiger partial charge < -0.3 is 0 Å². The van der Waals surface area contributed by atoms with Crippen LogP contribution in [0, 0.1) is 17.3 Å². The molecule has 1 fully saturated rings. The van der Waals surface area contributed by atoms with Gasteiger partial charge in [0.05, 0.1) is 5.92 Å². The van der Waals surface area contributed by atoms with E-state index in [0.29, 0.717) is 18.8 Å². The fourth-order valence-electron chi connectivity index (χ4n) is 2.97. The normalized spacial score (nSPS) is 32.6. The van der Waals surface area contributed by atoms with Gasteiger partial charge in [0.2, 0.25) is 0 Å². The van der Waals surface area contributed by atoms with Crippen molar-refractivity contribution in [3.63, 3.8) is 0 Å². The summed E-state index contributed by atoms with van der Waals surface area (Å²) in [5, 5.41) is 0. The first-order chi connectivity index (χ1) is 6.82. The van der Waals surface area contributed by atoms with Crippen molar-refractivity contribution in [3.05, 3.63) is 0 Å². The Morgan fingerprint density at radius 3 is 2.27 bits per heavy atom. The Balaban J connectivity index is 2.72. The van der Waals surface area contributed by atoms with Gasteiger partial charge in [-0.15, -0.1) is 0 Å². The van der Waals surface area contributed by atoms with Crippen LogP contribution < -0.4 is 0 Å². The summed E-state index contributed by atoms with van der Waals surface area (Å²) in [6.45, 7) is 6.19. The van der Waals surface area contributed by atoms with Crippen molar-refractivity contribution in [2.75, 3.05) is 0 Å². The maximum absolute atomic E-state index is 12.6. The van der Waals surface area contributed by atoms with E-state index >= 15 is 0 Å². The largest absolute Gasteiger partial charge is 0.391 e. The van der Waals surface area contributed by atoms with Gasteiger partial charge in [-0.1, -0.05) is 27.2 Å². The summed E-state index contributed by atoms with van der Waals surface area (Å²) in [4.78, 5) is 0. The first-order valence-corrected chi connectivity index (χ1v) is 5.88. The third kappa shape index (κ3) is 2.67. The Morgan fingerprint density at radius 1 is 1.33 bits per heavy atom. The zero-order valence-electron chi connectivity index (χ0n) is 9.82. The second-order valence-electron chi connectivity index (χ2n) is 5.25. The molecule has 0 N–H and O–H groups in total. The lowest BCUT2D eigenvalue weighted by Gasteiger charge is -2.34. The average molecular weight is 222 g/mol. The monoisotopic (exact) mass is 222 g/mol. The van der Waals surface area contributed by atoms with E-state index in [1.54, 1.807) is 0 Å². The molecule has 1 rings (SSSR count). The highest BCUT2D eigenvalue weighted by atomic mass is 19.4. The summed E-state index contributed by atoms with van der Waals surface area (Å²) in [5.74, 6) is -0.684. The van der Waals surface area contributed by atoms with Crippen LogP contribution in [0.5, 0.6) is 0 Å². The molecule has 0 aliphatic heterocycles. The molecule has 0 heterocycles. The van der Waals surface area contributed by atoms with Crippen molar-refractivity contribution in [1.82, 2.24) is 0 Å². The van der Waals surface area contributed by atoms with Crippen molar-refractivity contribution in [2.45, 2.75) is 59.1 Å². The molecule has 0 aromatic heterocycles. The molecule has 0 aromatic carbocycles. The SMILES string of the molecule is CCCC1(C(C)C)CCC(C(F)(F)F)C1. The van der Waals surface area contributed by atoms with Crippen molar-refractivity contribution in [1.29, 1.82) is 0 Å². The minimum absolute atomic E-state index is 0.0467. The molecule has 15 heavy (non-hydrogen) atoms. The van der Waals surface area contributed by atoms with Gasteiger partial charge in [0.15, 0.2) is 0 Å². The highest BCUT2D eigenvalue weighted by molar-refractivity contribution is 4.93. The van der Waals surface area contributed by atoms with E-state index in [2.05, 4.69) is 20.8 Å². The Kier molecular flexibility index (Phi) is 3.72. The number of halogens is 3. The van der Waals surface area contributed by atoms with E-state index in [1.165, 1.54) is 0 Å². The number of alkyl halides is 3. The van der Waals surface area contributed by atoms with Gasteiger partial charge in [-0.3, -0.25) is 0 Å². The predicted molar refractivity (Wildman–Crippen MR) is 55.6 cm³/mol. The second kappa shape index (κ2) is 4.34. The lowest BCUT2D eigenvalue weighted by molar-refractivity contribution is -0.175. The van der Waals surface area contributed by atoms with Crippen molar-refractivity contribution in [2.24, 2.45) is 17.3 Å². The van der Waals surface area contributed by atoms with E-state index in [9.17, 15) is 13.2 Å². The summed E-state index contributed by atoms with van der Waals surface area (Å²) in [6.07, 6.45) is -0.614.